The van der Waals surface area contributed by atoms with Gasteiger partial charge in [0.1, 0.15) is 0 Å². The molecule has 0 spiro atoms. The number of sulfonamides is 1. The van der Waals surface area contributed by atoms with Crippen molar-refractivity contribution in [1.29, 1.82) is 0 Å². The van der Waals surface area contributed by atoms with Crippen molar-refractivity contribution in [1.82, 2.24) is 9.62 Å². The lowest BCUT2D eigenvalue weighted by Crippen LogP contribution is -2.48. The molecule has 1 aliphatic rings. The van der Waals surface area contributed by atoms with Gasteiger partial charge < -0.3 is 0 Å². The van der Waals surface area contributed by atoms with Crippen LogP contribution in [0.3, 0.4) is 0 Å². The minimum absolute atomic E-state index is 0.0200. The summed E-state index contributed by atoms with van der Waals surface area (Å²) in [6.07, 6.45) is 1.94. The molecule has 2 atom stereocenters. The van der Waals surface area contributed by atoms with Crippen molar-refractivity contribution in [3.05, 3.63) is 48.0 Å². The first-order chi connectivity index (χ1) is 11.5. The molecule has 1 fully saturated rings. The third-order valence-corrected chi connectivity index (χ3v) is 6.44. The molecule has 0 radical (unpaired) electrons. The van der Waals surface area contributed by atoms with Gasteiger partial charge in [-0.15, -0.1) is 0 Å². The minimum atomic E-state index is -3.14. The lowest BCUT2D eigenvalue weighted by atomic mass is 9.98. The average Bonchev–Trinajstić information content (AvgIpc) is 2.60. The molecule has 0 saturated carbocycles. The Morgan fingerprint density at radius 3 is 2.71 bits per heavy atom. The van der Waals surface area contributed by atoms with Gasteiger partial charge in [0.15, 0.2) is 0 Å². The smallest absolute Gasteiger partial charge is 0.211 e. The second-order valence-electron chi connectivity index (χ2n) is 6.64. The second-order valence-corrected chi connectivity index (χ2v) is 8.68. The van der Waals surface area contributed by atoms with Crippen LogP contribution in [0.25, 0.3) is 10.8 Å². The zero-order chi connectivity index (χ0) is 17.2. The monoisotopic (exact) mass is 346 g/mol. The summed E-state index contributed by atoms with van der Waals surface area (Å²) in [6, 6.07) is 15.3. The van der Waals surface area contributed by atoms with Crippen molar-refractivity contribution in [3.8, 4) is 0 Å². The Kier molecular flexibility index (Phi) is 5.23. The topological polar surface area (TPSA) is 49.4 Å². The Bertz CT molecular complexity index is 804. The summed E-state index contributed by atoms with van der Waals surface area (Å²) in [7, 11) is -3.14. The summed E-state index contributed by atoms with van der Waals surface area (Å²) >= 11 is 0. The van der Waals surface area contributed by atoms with Gasteiger partial charge >= 0.3 is 0 Å². The quantitative estimate of drug-likeness (QED) is 0.904. The Morgan fingerprint density at radius 2 is 1.96 bits per heavy atom. The van der Waals surface area contributed by atoms with Gasteiger partial charge in [0.2, 0.25) is 10.0 Å². The number of nitrogens with zero attached hydrogens (tertiary/aromatic N) is 1. The minimum Gasteiger partial charge on any atom is -0.295 e. The number of fused-ring (bicyclic) bond motifs is 1. The van der Waals surface area contributed by atoms with Crippen LogP contribution in [-0.2, 0) is 10.0 Å². The molecule has 1 saturated heterocycles. The summed E-state index contributed by atoms with van der Waals surface area (Å²) in [5, 5.41) is 2.50. The van der Waals surface area contributed by atoms with Crippen LogP contribution in [0.2, 0.25) is 0 Å². The zero-order valence-corrected chi connectivity index (χ0v) is 15.2. The van der Waals surface area contributed by atoms with Crippen molar-refractivity contribution in [2.24, 2.45) is 0 Å². The Balaban J connectivity index is 1.74. The third-order valence-electron chi connectivity index (χ3n) is 4.98. The summed E-state index contributed by atoms with van der Waals surface area (Å²) in [4.78, 5) is 2.39. The van der Waals surface area contributed by atoms with E-state index in [-0.39, 0.29) is 17.8 Å². The molecule has 0 aromatic heterocycles. The first kappa shape index (κ1) is 17.4. The number of nitrogens with one attached hydrogen (secondary N) is 1. The van der Waals surface area contributed by atoms with Crippen LogP contribution < -0.4 is 4.72 Å². The largest absolute Gasteiger partial charge is 0.295 e. The average molecular weight is 346 g/mol. The molecule has 1 aliphatic heterocycles. The SMILES string of the molecule is CCS(=O)(=O)N[C@H]1CCCN([C@@H](C)c2ccc3ccccc3c2)C1. The van der Waals surface area contributed by atoms with Gasteiger partial charge in [0, 0.05) is 18.6 Å². The number of benzene rings is 2. The van der Waals surface area contributed by atoms with Gasteiger partial charge in [-0.25, -0.2) is 13.1 Å². The van der Waals surface area contributed by atoms with Crippen LogP contribution in [0.1, 0.15) is 38.3 Å². The van der Waals surface area contributed by atoms with Crippen LogP contribution in [-0.4, -0.2) is 38.2 Å². The molecule has 0 aliphatic carbocycles. The highest BCUT2D eigenvalue weighted by atomic mass is 32.2. The molecule has 5 heteroatoms. The van der Waals surface area contributed by atoms with E-state index in [9.17, 15) is 8.42 Å². The molecular formula is C19H26N2O2S. The van der Waals surface area contributed by atoms with Crippen molar-refractivity contribution in [3.63, 3.8) is 0 Å². The molecule has 0 amide bonds. The lowest BCUT2D eigenvalue weighted by Gasteiger charge is -2.37. The van der Waals surface area contributed by atoms with E-state index >= 15 is 0 Å². The van der Waals surface area contributed by atoms with Gasteiger partial charge in [-0.3, -0.25) is 4.90 Å². The summed E-state index contributed by atoms with van der Waals surface area (Å²) in [6.45, 7) is 5.67. The standard InChI is InChI=1S/C19H26N2O2S/c1-3-24(22,23)20-19-9-6-12-21(14-19)15(2)17-11-10-16-7-4-5-8-18(16)13-17/h4-5,7-8,10-11,13,15,19-20H,3,6,9,12,14H2,1-2H3/t15-,19-/m0/s1. The highest BCUT2D eigenvalue weighted by Gasteiger charge is 2.26. The van der Waals surface area contributed by atoms with E-state index in [2.05, 4.69) is 59.0 Å². The van der Waals surface area contributed by atoms with Crippen LogP contribution in [0.4, 0.5) is 0 Å². The first-order valence-electron chi connectivity index (χ1n) is 8.71. The molecule has 2 aromatic carbocycles. The molecule has 2 aromatic rings. The first-order valence-corrected chi connectivity index (χ1v) is 10.4. The molecule has 1 heterocycles. The molecule has 4 nitrogen and oxygen atoms in total. The van der Waals surface area contributed by atoms with Crippen molar-refractivity contribution in [2.45, 2.75) is 38.8 Å². The van der Waals surface area contributed by atoms with E-state index in [0.717, 1.165) is 25.9 Å². The van der Waals surface area contributed by atoms with E-state index in [4.69, 9.17) is 0 Å². The third kappa shape index (κ3) is 3.97. The van der Waals surface area contributed by atoms with Crippen LogP contribution in [0, 0.1) is 0 Å². The summed E-state index contributed by atoms with van der Waals surface area (Å²) in [5.41, 5.74) is 1.28. The maximum Gasteiger partial charge on any atom is 0.211 e. The molecule has 1 N–H and O–H groups in total. The van der Waals surface area contributed by atoms with Crippen molar-refractivity contribution < 1.29 is 8.42 Å². The van der Waals surface area contributed by atoms with Crippen molar-refractivity contribution >= 4 is 20.8 Å². The highest BCUT2D eigenvalue weighted by Crippen LogP contribution is 2.27. The number of rotatable bonds is 5. The number of hydrogen-bond donors (Lipinski definition) is 1. The van der Waals surface area contributed by atoms with Gasteiger partial charge in [-0.1, -0.05) is 36.4 Å². The second kappa shape index (κ2) is 7.21. The molecule has 130 valence electrons. The Hall–Kier alpha value is -1.43. The zero-order valence-electron chi connectivity index (χ0n) is 14.4. The molecule has 24 heavy (non-hydrogen) atoms. The normalized spacial score (nSPS) is 21.0. The van der Waals surface area contributed by atoms with E-state index in [1.54, 1.807) is 6.92 Å². The maximum atomic E-state index is 11.8. The molecule has 0 unspecified atom stereocenters. The molecular weight excluding hydrogens is 320 g/mol. The predicted molar refractivity (Wildman–Crippen MR) is 99.6 cm³/mol. The van der Waals surface area contributed by atoms with Crippen LogP contribution in [0.15, 0.2) is 42.5 Å². The van der Waals surface area contributed by atoms with E-state index < -0.39 is 10.0 Å². The fourth-order valence-electron chi connectivity index (χ4n) is 3.47. The van der Waals surface area contributed by atoms with Gasteiger partial charge in [-0.05, 0) is 55.6 Å². The fraction of sp³-hybridized carbons (Fsp3) is 0.474. The summed E-state index contributed by atoms with van der Waals surface area (Å²) < 4.78 is 26.5. The molecule has 0 bridgehead atoms. The Morgan fingerprint density at radius 1 is 1.21 bits per heavy atom. The number of piperidine rings is 1. The van der Waals surface area contributed by atoms with Crippen LogP contribution >= 0.6 is 0 Å². The van der Waals surface area contributed by atoms with Gasteiger partial charge in [0.25, 0.3) is 0 Å². The number of hydrogen-bond acceptors (Lipinski definition) is 3. The maximum absolute atomic E-state index is 11.8. The fourth-order valence-corrected chi connectivity index (χ4v) is 4.34. The summed E-state index contributed by atoms with van der Waals surface area (Å²) in [5.74, 6) is 0.143. The number of likely N-dealkylation sites (tertiary alicyclic amines) is 1. The van der Waals surface area contributed by atoms with Gasteiger partial charge in [0.05, 0.1) is 5.75 Å². The van der Waals surface area contributed by atoms with E-state index in [1.807, 2.05) is 0 Å². The highest BCUT2D eigenvalue weighted by molar-refractivity contribution is 7.89. The van der Waals surface area contributed by atoms with Crippen molar-refractivity contribution in [2.75, 3.05) is 18.8 Å². The van der Waals surface area contributed by atoms with Gasteiger partial charge in [-0.2, -0.15) is 0 Å². The van der Waals surface area contributed by atoms with E-state index in [1.165, 1.54) is 16.3 Å². The Labute approximate surface area is 144 Å². The lowest BCUT2D eigenvalue weighted by molar-refractivity contribution is 0.154. The van der Waals surface area contributed by atoms with E-state index in [0.29, 0.717) is 0 Å². The predicted octanol–water partition coefficient (Wildman–Crippen LogP) is 3.30. The van der Waals surface area contributed by atoms with Crippen LogP contribution in [0.5, 0.6) is 0 Å². The molecule has 3 rings (SSSR count).